The van der Waals surface area contributed by atoms with E-state index in [1.54, 1.807) is 0 Å². The summed E-state index contributed by atoms with van der Waals surface area (Å²) in [5.41, 5.74) is -0.333. The minimum atomic E-state index is -2.97. The Bertz CT molecular complexity index is 253. The van der Waals surface area contributed by atoms with E-state index in [0.29, 0.717) is 0 Å². The average Bonchev–Trinajstić information content (AvgIpc) is 1.86. The summed E-state index contributed by atoms with van der Waals surface area (Å²) in [6.45, 7) is 0.752. The van der Waals surface area contributed by atoms with Crippen molar-refractivity contribution in [2.75, 3.05) is 0 Å². The molecule has 1 aromatic rings. The molecule has 0 aliphatic heterocycles. The SMILES string of the molecule is CC(F)(F)c1ccccc1O. The van der Waals surface area contributed by atoms with Gasteiger partial charge in [0.2, 0.25) is 0 Å². The molecule has 0 aromatic heterocycles. The number of para-hydroxylation sites is 1. The molecule has 1 N–H and O–H groups in total. The molecule has 0 radical (unpaired) electrons. The van der Waals surface area contributed by atoms with Gasteiger partial charge in [-0.05, 0) is 12.1 Å². The van der Waals surface area contributed by atoms with Gasteiger partial charge in [-0.25, -0.2) is 8.78 Å². The fraction of sp³-hybridized carbons (Fsp3) is 0.250. The largest absolute Gasteiger partial charge is 0.507 e. The molecule has 0 saturated heterocycles. The van der Waals surface area contributed by atoms with Crippen LogP contribution in [0.5, 0.6) is 5.75 Å². The van der Waals surface area contributed by atoms with E-state index < -0.39 is 5.92 Å². The lowest BCUT2D eigenvalue weighted by Crippen LogP contribution is -2.06. The summed E-state index contributed by atoms with van der Waals surface area (Å²) in [5.74, 6) is -3.33. The minimum absolute atomic E-state index is 0.333. The van der Waals surface area contributed by atoms with Gasteiger partial charge in [0.25, 0.3) is 5.92 Å². The van der Waals surface area contributed by atoms with Gasteiger partial charge in [-0.1, -0.05) is 12.1 Å². The molecule has 0 unspecified atom stereocenters. The lowest BCUT2D eigenvalue weighted by molar-refractivity contribution is 0.0152. The van der Waals surface area contributed by atoms with E-state index in [2.05, 4.69) is 0 Å². The lowest BCUT2D eigenvalue weighted by Gasteiger charge is -2.11. The molecule has 60 valence electrons. The van der Waals surface area contributed by atoms with Gasteiger partial charge in [0.15, 0.2) is 0 Å². The third-order valence-electron chi connectivity index (χ3n) is 1.38. The Hall–Kier alpha value is -1.12. The number of hydrogen-bond acceptors (Lipinski definition) is 1. The number of hydrogen-bond donors (Lipinski definition) is 1. The zero-order chi connectivity index (χ0) is 8.48. The molecular weight excluding hydrogens is 150 g/mol. The first-order valence-corrected chi connectivity index (χ1v) is 3.18. The van der Waals surface area contributed by atoms with Crippen molar-refractivity contribution in [1.82, 2.24) is 0 Å². The number of benzene rings is 1. The number of aromatic hydroxyl groups is 1. The van der Waals surface area contributed by atoms with Crippen molar-refractivity contribution in [2.45, 2.75) is 12.8 Å². The van der Waals surface area contributed by atoms with Crippen molar-refractivity contribution in [3.8, 4) is 5.75 Å². The molecule has 1 nitrogen and oxygen atoms in total. The number of halogens is 2. The molecule has 0 aliphatic carbocycles. The Morgan fingerprint density at radius 1 is 1.27 bits per heavy atom. The van der Waals surface area contributed by atoms with Gasteiger partial charge in [0.1, 0.15) is 5.75 Å². The maximum Gasteiger partial charge on any atom is 0.274 e. The third-order valence-corrected chi connectivity index (χ3v) is 1.38. The Labute approximate surface area is 63.3 Å². The number of phenols is 1. The Morgan fingerprint density at radius 3 is 2.18 bits per heavy atom. The predicted octanol–water partition coefficient (Wildman–Crippen LogP) is 2.50. The molecule has 0 bridgehead atoms. The van der Waals surface area contributed by atoms with E-state index in [9.17, 15) is 8.78 Å². The lowest BCUT2D eigenvalue weighted by atomic mass is 10.1. The Kier molecular flexibility index (Phi) is 1.81. The fourth-order valence-corrected chi connectivity index (χ4v) is 0.845. The van der Waals surface area contributed by atoms with E-state index in [1.807, 2.05) is 0 Å². The molecule has 0 heterocycles. The van der Waals surface area contributed by atoms with Crippen molar-refractivity contribution in [3.63, 3.8) is 0 Å². The molecule has 0 fully saturated rings. The predicted molar refractivity (Wildman–Crippen MR) is 37.7 cm³/mol. The van der Waals surface area contributed by atoms with E-state index in [-0.39, 0.29) is 11.3 Å². The number of rotatable bonds is 1. The van der Waals surface area contributed by atoms with Crippen LogP contribution in [0.4, 0.5) is 8.78 Å². The first-order chi connectivity index (χ1) is 5.02. The van der Waals surface area contributed by atoms with Crippen LogP contribution in [0.1, 0.15) is 12.5 Å². The van der Waals surface area contributed by atoms with Crippen LogP contribution in [0, 0.1) is 0 Å². The topological polar surface area (TPSA) is 20.2 Å². The van der Waals surface area contributed by atoms with Gasteiger partial charge in [-0.15, -0.1) is 0 Å². The van der Waals surface area contributed by atoms with E-state index in [4.69, 9.17) is 5.11 Å². The molecular formula is C8H8F2O. The zero-order valence-corrected chi connectivity index (χ0v) is 6.01. The maximum absolute atomic E-state index is 12.6. The monoisotopic (exact) mass is 158 g/mol. The molecule has 0 amide bonds. The van der Waals surface area contributed by atoms with Gasteiger partial charge in [-0.3, -0.25) is 0 Å². The number of phenolic OH excluding ortho intramolecular Hbond substituents is 1. The van der Waals surface area contributed by atoms with Crippen LogP contribution in [-0.2, 0) is 5.92 Å². The maximum atomic E-state index is 12.6. The molecule has 0 saturated carbocycles. The number of alkyl halides is 2. The summed E-state index contributed by atoms with van der Waals surface area (Å²) in [7, 11) is 0. The first kappa shape index (κ1) is 7.98. The second-order valence-corrected chi connectivity index (χ2v) is 2.41. The van der Waals surface area contributed by atoms with Crippen LogP contribution in [0.15, 0.2) is 24.3 Å². The van der Waals surface area contributed by atoms with Crippen LogP contribution < -0.4 is 0 Å². The summed E-state index contributed by atoms with van der Waals surface area (Å²) in [5, 5.41) is 8.97. The normalized spacial score (nSPS) is 11.5. The first-order valence-electron chi connectivity index (χ1n) is 3.18. The van der Waals surface area contributed by atoms with Crippen molar-refractivity contribution < 1.29 is 13.9 Å². The molecule has 1 rings (SSSR count). The van der Waals surface area contributed by atoms with Crippen molar-refractivity contribution >= 4 is 0 Å². The highest BCUT2D eigenvalue weighted by molar-refractivity contribution is 5.34. The van der Waals surface area contributed by atoms with E-state index in [1.165, 1.54) is 24.3 Å². The van der Waals surface area contributed by atoms with Crippen LogP contribution in [0.25, 0.3) is 0 Å². The van der Waals surface area contributed by atoms with Gasteiger partial charge in [0.05, 0.1) is 5.56 Å². The molecule has 0 aliphatic rings. The van der Waals surface area contributed by atoms with Crippen LogP contribution >= 0.6 is 0 Å². The molecule has 1 aromatic carbocycles. The summed E-state index contributed by atoms with van der Waals surface area (Å²) >= 11 is 0. The standard InChI is InChI=1S/C8H8F2O/c1-8(9,10)6-4-2-3-5-7(6)11/h2-5,11H,1H3. The molecule has 3 heteroatoms. The van der Waals surface area contributed by atoms with Crippen molar-refractivity contribution in [2.24, 2.45) is 0 Å². The second kappa shape index (κ2) is 2.49. The Morgan fingerprint density at radius 2 is 1.82 bits per heavy atom. The summed E-state index contributed by atoms with van der Waals surface area (Å²) in [4.78, 5) is 0. The van der Waals surface area contributed by atoms with Crippen LogP contribution in [0.2, 0.25) is 0 Å². The van der Waals surface area contributed by atoms with E-state index in [0.717, 1.165) is 6.92 Å². The summed E-state index contributed by atoms with van der Waals surface area (Å²) in [6, 6.07) is 5.42. The smallest absolute Gasteiger partial charge is 0.274 e. The summed E-state index contributed by atoms with van der Waals surface area (Å²) in [6.07, 6.45) is 0. The second-order valence-electron chi connectivity index (χ2n) is 2.41. The van der Waals surface area contributed by atoms with Crippen LogP contribution in [-0.4, -0.2) is 5.11 Å². The quantitative estimate of drug-likeness (QED) is 0.665. The molecule has 0 spiro atoms. The highest BCUT2D eigenvalue weighted by atomic mass is 19.3. The third kappa shape index (κ3) is 1.67. The minimum Gasteiger partial charge on any atom is -0.507 e. The van der Waals surface area contributed by atoms with Crippen molar-refractivity contribution in [1.29, 1.82) is 0 Å². The van der Waals surface area contributed by atoms with Gasteiger partial charge < -0.3 is 5.11 Å². The van der Waals surface area contributed by atoms with E-state index >= 15 is 0 Å². The molecule has 0 atom stereocenters. The summed E-state index contributed by atoms with van der Waals surface area (Å²) < 4.78 is 25.1. The van der Waals surface area contributed by atoms with Crippen LogP contribution in [0.3, 0.4) is 0 Å². The highest BCUT2D eigenvalue weighted by Crippen LogP contribution is 2.32. The zero-order valence-electron chi connectivity index (χ0n) is 6.01. The average molecular weight is 158 g/mol. The molecule has 11 heavy (non-hydrogen) atoms. The van der Waals surface area contributed by atoms with Gasteiger partial charge >= 0.3 is 0 Å². The van der Waals surface area contributed by atoms with Crippen molar-refractivity contribution in [3.05, 3.63) is 29.8 Å². The van der Waals surface area contributed by atoms with Gasteiger partial charge in [-0.2, -0.15) is 0 Å². The fourth-order valence-electron chi connectivity index (χ4n) is 0.845. The van der Waals surface area contributed by atoms with Gasteiger partial charge in [0, 0.05) is 6.92 Å². The highest BCUT2D eigenvalue weighted by Gasteiger charge is 2.26. The Balaban J connectivity index is 3.14.